The number of hydrogen-bond donors (Lipinski definition) is 1. The average Bonchev–Trinajstić information content (AvgIpc) is 2.35. The second kappa shape index (κ2) is 5.80. The van der Waals surface area contributed by atoms with Gasteiger partial charge in [0.2, 0.25) is 0 Å². The number of nitrogens with one attached hydrogen (secondary N) is 1. The summed E-state index contributed by atoms with van der Waals surface area (Å²) in [6, 6.07) is 12.1. The van der Waals surface area contributed by atoms with Crippen LogP contribution >= 0.6 is 38.5 Å². The Labute approximate surface area is 134 Å². The highest BCUT2D eigenvalue weighted by molar-refractivity contribution is 14.1. The lowest BCUT2D eigenvalue weighted by molar-refractivity contribution is 0.601. The third kappa shape index (κ3) is 3.49. The third-order valence-corrected chi connectivity index (χ3v) is 5.71. The molecule has 6 heteroatoms. The molecule has 0 radical (unpaired) electrons. The van der Waals surface area contributed by atoms with Gasteiger partial charge in [0, 0.05) is 8.04 Å². The van der Waals surface area contributed by atoms with Crippen molar-refractivity contribution in [2.24, 2.45) is 0 Å². The van der Waals surface area contributed by atoms with Crippen LogP contribution in [0.1, 0.15) is 5.56 Å². The molecule has 19 heavy (non-hydrogen) atoms. The second-order valence-electron chi connectivity index (χ2n) is 3.97. The maximum atomic E-state index is 12.2. The standard InChI is InChI=1S/C13H11BrINO2S/c1-9-12(15)3-2-4-13(9)16-19(17,18)11-7-5-10(14)6-8-11/h2-8,16H,1H3. The zero-order chi connectivity index (χ0) is 14.0. The lowest BCUT2D eigenvalue weighted by atomic mass is 10.2. The number of anilines is 1. The molecule has 3 nitrogen and oxygen atoms in total. The van der Waals surface area contributed by atoms with Crippen LogP contribution in [0.4, 0.5) is 5.69 Å². The van der Waals surface area contributed by atoms with Crippen molar-refractivity contribution in [1.82, 2.24) is 0 Å². The van der Waals surface area contributed by atoms with E-state index in [-0.39, 0.29) is 4.90 Å². The number of hydrogen-bond acceptors (Lipinski definition) is 2. The lowest BCUT2D eigenvalue weighted by Crippen LogP contribution is -2.13. The predicted molar refractivity (Wildman–Crippen MR) is 88.8 cm³/mol. The Morgan fingerprint density at radius 1 is 1.11 bits per heavy atom. The predicted octanol–water partition coefficient (Wildman–Crippen LogP) is 4.16. The van der Waals surface area contributed by atoms with Gasteiger partial charge in [-0.1, -0.05) is 22.0 Å². The molecule has 0 bridgehead atoms. The van der Waals surface area contributed by atoms with Crippen LogP contribution in [0.15, 0.2) is 51.8 Å². The van der Waals surface area contributed by atoms with Gasteiger partial charge in [-0.15, -0.1) is 0 Å². The van der Waals surface area contributed by atoms with E-state index in [9.17, 15) is 8.42 Å². The summed E-state index contributed by atoms with van der Waals surface area (Å²) in [4.78, 5) is 0.244. The molecule has 0 saturated carbocycles. The summed E-state index contributed by atoms with van der Waals surface area (Å²) < 4.78 is 29.0. The van der Waals surface area contributed by atoms with E-state index in [0.29, 0.717) is 5.69 Å². The average molecular weight is 452 g/mol. The van der Waals surface area contributed by atoms with Crippen molar-refractivity contribution in [3.8, 4) is 0 Å². The Morgan fingerprint density at radius 3 is 2.37 bits per heavy atom. The van der Waals surface area contributed by atoms with Gasteiger partial charge in [-0.2, -0.15) is 0 Å². The molecule has 0 fully saturated rings. The Hall–Kier alpha value is -0.600. The zero-order valence-electron chi connectivity index (χ0n) is 10.0. The molecule has 0 spiro atoms. The molecule has 0 aromatic heterocycles. The minimum atomic E-state index is -3.54. The third-order valence-electron chi connectivity index (χ3n) is 2.64. The fourth-order valence-corrected chi connectivity index (χ4v) is 3.42. The molecule has 100 valence electrons. The number of rotatable bonds is 3. The minimum absolute atomic E-state index is 0.244. The molecule has 1 N–H and O–H groups in total. The normalized spacial score (nSPS) is 11.3. The summed E-state index contributed by atoms with van der Waals surface area (Å²) in [6.45, 7) is 1.89. The van der Waals surface area contributed by atoms with E-state index in [2.05, 4.69) is 43.2 Å². The zero-order valence-corrected chi connectivity index (χ0v) is 14.6. The van der Waals surface area contributed by atoms with Crippen LogP contribution < -0.4 is 4.72 Å². The highest BCUT2D eigenvalue weighted by Gasteiger charge is 2.15. The fraction of sp³-hybridized carbons (Fsp3) is 0.0769. The van der Waals surface area contributed by atoms with Crippen molar-refractivity contribution in [2.75, 3.05) is 4.72 Å². The molecule has 0 amide bonds. The summed E-state index contributed by atoms with van der Waals surface area (Å²) in [5.41, 5.74) is 1.53. The van der Waals surface area contributed by atoms with Crippen molar-refractivity contribution in [1.29, 1.82) is 0 Å². The van der Waals surface area contributed by atoms with Crippen LogP contribution in [-0.2, 0) is 10.0 Å². The van der Waals surface area contributed by atoms with Crippen LogP contribution in [0, 0.1) is 10.5 Å². The van der Waals surface area contributed by atoms with Crippen molar-refractivity contribution in [2.45, 2.75) is 11.8 Å². The molecule has 0 atom stereocenters. The maximum absolute atomic E-state index is 12.2. The SMILES string of the molecule is Cc1c(I)cccc1NS(=O)(=O)c1ccc(Br)cc1. The number of halogens is 2. The van der Waals surface area contributed by atoms with Gasteiger partial charge in [0.15, 0.2) is 0 Å². The molecule has 0 heterocycles. The van der Waals surface area contributed by atoms with Crippen LogP contribution in [0.5, 0.6) is 0 Å². The molecule has 2 rings (SSSR count). The van der Waals surface area contributed by atoms with Crippen LogP contribution in [0.3, 0.4) is 0 Å². The van der Waals surface area contributed by atoms with E-state index in [1.54, 1.807) is 30.3 Å². The first-order chi connectivity index (χ1) is 8.90. The van der Waals surface area contributed by atoms with Crippen molar-refractivity contribution >= 4 is 54.2 Å². The summed E-state index contributed by atoms with van der Waals surface area (Å²) >= 11 is 5.46. The quantitative estimate of drug-likeness (QED) is 0.712. The first-order valence-corrected chi connectivity index (χ1v) is 8.79. The summed E-state index contributed by atoms with van der Waals surface area (Å²) in [7, 11) is -3.54. The minimum Gasteiger partial charge on any atom is -0.279 e. The Balaban J connectivity index is 2.36. The number of benzene rings is 2. The van der Waals surface area contributed by atoms with Gasteiger partial charge >= 0.3 is 0 Å². The summed E-state index contributed by atoms with van der Waals surface area (Å²) in [5, 5.41) is 0. The highest BCUT2D eigenvalue weighted by atomic mass is 127. The van der Waals surface area contributed by atoms with E-state index in [1.807, 2.05) is 19.1 Å². The van der Waals surface area contributed by atoms with Crippen LogP contribution in [-0.4, -0.2) is 8.42 Å². The van der Waals surface area contributed by atoms with Gasteiger partial charge in [-0.3, -0.25) is 4.72 Å². The summed E-state index contributed by atoms with van der Waals surface area (Å²) in [6.07, 6.45) is 0. The van der Waals surface area contributed by atoms with E-state index in [0.717, 1.165) is 13.6 Å². The first kappa shape index (κ1) is 14.8. The molecule has 2 aromatic rings. The second-order valence-corrected chi connectivity index (χ2v) is 7.73. The van der Waals surface area contributed by atoms with Gasteiger partial charge in [-0.25, -0.2) is 8.42 Å². The van der Waals surface area contributed by atoms with E-state index in [1.165, 1.54) is 0 Å². The molecular formula is C13H11BrINO2S. The van der Waals surface area contributed by atoms with Crippen molar-refractivity contribution in [3.05, 3.63) is 56.1 Å². The van der Waals surface area contributed by atoms with Crippen LogP contribution in [0.25, 0.3) is 0 Å². The molecular weight excluding hydrogens is 441 g/mol. The van der Waals surface area contributed by atoms with Crippen molar-refractivity contribution < 1.29 is 8.42 Å². The molecule has 0 aliphatic rings. The van der Waals surface area contributed by atoms with Gasteiger partial charge in [0.1, 0.15) is 0 Å². The molecule has 0 aliphatic carbocycles. The van der Waals surface area contributed by atoms with Gasteiger partial charge < -0.3 is 0 Å². The van der Waals surface area contributed by atoms with Gasteiger partial charge in [0.05, 0.1) is 10.6 Å². The van der Waals surface area contributed by atoms with E-state index < -0.39 is 10.0 Å². The lowest BCUT2D eigenvalue weighted by Gasteiger charge is -2.11. The van der Waals surface area contributed by atoms with Gasteiger partial charge in [0.25, 0.3) is 10.0 Å². The summed E-state index contributed by atoms with van der Waals surface area (Å²) in [5.74, 6) is 0. The Bertz CT molecular complexity index is 699. The fourth-order valence-electron chi connectivity index (χ4n) is 1.54. The maximum Gasteiger partial charge on any atom is 0.261 e. The van der Waals surface area contributed by atoms with Gasteiger partial charge in [-0.05, 0) is 71.5 Å². The monoisotopic (exact) mass is 451 g/mol. The largest absolute Gasteiger partial charge is 0.279 e. The Morgan fingerprint density at radius 2 is 1.74 bits per heavy atom. The number of sulfonamides is 1. The molecule has 0 saturated heterocycles. The Kier molecular flexibility index (Phi) is 4.52. The molecule has 2 aromatic carbocycles. The first-order valence-electron chi connectivity index (χ1n) is 5.43. The molecule has 0 aliphatic heterocycles. The topological polar surface area (TPSA) is 46.2 Å². The molecule has 0 unspecified atom stereocenters. The van der Waals surface area contributed by atoms with E-state index in [4.69, 9.17) is 0 Å². The van der Waals surface area contributed by atoms with E-state index >= 15 is 0 Å². The highest BCUT2D eigenvalue weighted by Crippen LogP contribution is 2.24. The van der Waals surface area contributed by atoms with Crippen molar-refractivity contribution in [3.63, 3.8) is 0 Å². The smallest absolute Gasteiger partial charge is 0.261 e. The van der Waals surface area contributed by atoms with Crippen LogP contribution in [0.2, 0.25) is 0 Å².